The molecule has 4 heterocycles. The SMILES string of the molecule is O=C(Cc1cccc(Br)n1)Nc1nnc([C@@H]2CCC[C@@H](c3nnc(NC(=O)Cc4cccc(Br)n4)s3)C2)s1. The number of rotatable bonds is 8. The average Bonchev–Trinajstić information content (AvgIpc) is 3.54. The van der Waals surface area contributed by atoms with Crippen LogP contribution in [0.3, 0.4) is 0 Å². The zero-order valence-corrected chi connectivity index (χ0v) is 24.7. The number of nitrogens with one attached hydrogen (secondary N) is 2. The lowest BCUT2D eigenvalue weighted by Gasteiger charge is -2.25. The van der Waals surface area contributed by atoms with Crippen LogP contribution in [0.5, 0.6) is 0 Å². The van der Waals surface area contributed by atoms with Crippen LogP contribution in [0, 0.1) is 0 Å². The Kier molecular flexibility index (Phi) is 8.82. The van der Waals surface area contributed by atoms with Gasteiger partial charge in [-0.15, -0.1) is 20.4 Å². The van der Waals surface area contributed by atoms with Gasteiger partial charge in [0.1, 0.15) is 19.2 Å². The van der Waals surface area contributed by atoms with Gasteiger partial charge < -0.3 is 10.6 Å². The van der Waals surface area contributed by atoms with Crippen molar-refractivity contribution >= 4 is 76.6 Å². The first-order chi connectivity index (χ1) is 18.4. The van der Waals surface area contributed by atoms with E-state index in [0.717, 1.165) is 35.7 Å². The third-order valence-electron chi connectivity index (χ3n) is 5.98. The summed E-state index contributed by atoms with van der Waals surface area (Å²) in [5.41, 5.74) is 1.35. The second-order valence-corrected chi connectivity index (χ2v) is 12.4. The zero-order valence-electron chi connectivity index (χ0n) is 19.9. The molecular formula is C24H22Br2N8O2S2. The number of halogens is 2. The molecule has 2 amide bonds. The predicted octanol–water partition coefficient (Wildman–Crippen LogP) is 5.51. The summed E-state index contributed by atoms with van der Waals surface area (Å²) < 4.78 is 1.38. The number of amides is 2. The zero-order chi connectivity index (χ0) is 26.5. The van der Waals surface area contributed by atoms with Gasteiger partial charge in [-0.05, 0) is 75.4 Å². The molecule has 14 heteroatoms. The Morgan fingerprint density at radius 1 is 0.763 bits per heavy atom. The highest BCUT2D eigenvalue weighted by atomic mass is 79.9. The largest absolute Gasteiger partial charge is 0.300 e. The van der Waals surface area contributed by atoms with Gasteiger partial charge >= 0.3 is 0 Å². The fourth-order valence-corrected chi connectivity index (χ4v) is 6.87. The highest BCUT2D eigenvalue weighted by molar-refractivity contribution is 9.10. The number of pyridine rings is 2. The number of carbonyl (C=O) groups is 2. The molecule has 5 rings (SSSR count). The average molecular weight is 678 g/mol. The summed E-state index contributed by atoms with van der Waals surface area (Å²) in [5.74, 6) is 0.0965. The standard InChI is InChI=1S/C24H22Br2N8O2S2/c25-17-8-2-6-15(27-17)11-19(35)29-23-33-31-21(37-23)13-4-1-5-14(10-13)22-32-34-24(38-22)30-20(36)12-16-7-3-9-18(26)28-16/h2-3,6-9,13-14H,1,4-5,10-12H2,(H,29,33,35)(H,30,34,36)/t13-,14-/m1/s1. The molecule has 0 radical (unpaired) electrons. The maximum absolute atomic E-state index is 12.4. The van der Waals surface area contributed by atoms with Gasteiger partial charge in [-0.2, -0.15) is 0 Å². The topological polar surface area (TPSA) is 136 Å². The molecule has 0 spiro atoms. The molecule has 4 aromatic rings. The minimum Gasteiger partial charge on any atom is -0.300 e. The Labute approximate surface area is 243 Å². The van der Waals surface area contributed by atoms with Crippen LogP contribution < -0.4 is 10.6 Å². The summed E-state index contributed by atoms with van der Waals surface area (Å²) in [7, 11) is 0. The van der Waals surface area contributed by atoms with Crippen LogP contribution in [-0.2, 0) is 22.4 Å². The van der Waals surface area contributed by atoms with Crippen molar-refractivity contribution in [1.29, 1.82) is 0 Å². The minimum atomic E-state index is -0.182. The van der Waals surface area contributed by atoms with Crippen LogP contribution in [0.25, 0.3) is 0 Å². The molecule has 1 fully saturated rings. The Balaban J connectivity index is 1.15. The normalized spacial score (nSPS) is 17.2. The molecule has 0 bridgehead atoms. The van der Waals surface area contributed by atoms with E-state index >= 15 is 0 Å². The van der Waals surface area contributed by atoms with Gasteiger partial charge in [0.05, 0.1) is 24.2 Å². The second kappa shape index (κ2) is 12.5. The van der Waals surface area contributed by atoms with E-state index in [9.17, 15) is 9.59 Å². The quantitative estimate of drug-likeness (QED) is 0.233. The number of carbonyl (C=O) groups excluding carboxylic acids is 2. The first kappa shape index (κ1) is 26.9. The maximum atomic E-state index is 12.4. The van der Waals surface area contributed by atoms with Gasteiger partial charge in [-0.25, -0.2) is 9.97 Å². The lowest BCUT2D eigenvalue weighted by molar-refractivity contribution is -0.116. The third-order valence-corrected chi connectivity index (χ3v) is 8.86. The van der Waals surface area contributed by atoms with Crippen molar-refractivity contribution in [3.63, 3.8) is 0 Å². The van der Waals surface area contributed by atoms with Crippen LogP contribution in [0.4, 0.5) is 10.3 Å². The van der Waals surface area contributed by atoms with Crippen LogP contribution >= 0.6 is 54.5 Å². The molecule has 0 aromatic carbocycles. The van der Waals surface area contributed by atoms with Crippen LogP contribution in [0.1, 0.15) is 58.9 Å². The summed E-state index contributed by atoms with van der Waals surface area (Å²) in [6.07, 6.45) is 4.23. The van der Waals surface area contributed by atoms with Crippen molar-refractivity contribution in [3.8, 4) is 0 Å². The smallest absolute Gasteiger partial charge is 0.232 e. The lowest BCUT2D eigenvalue weighted by Crippen LogP contribution is -2.15. The Bertz CT molecular complexity index is 1340. The van der Waals surface area contributed by atoms with Crippen LogP contribution in [0.2, 0.25) is 0 Å². The van der Waals surface area contributed by atoms with Gasteiger partial charge in [0.25, 0.3) is 0 Å². The summed E-state index contributed by atoms with van der Waals surface area (Å²) in [5, 5.41) is 25.6. The molecule has 1 aliphatic rings. The van der Waals surface area contributed by atoms with E-state index in [1.807, 2.05) is 36.4 Å². The van der Waals surface area contributed by atoms with Crippen molar-refractivity contribution in [2.24, 2.45) is 0 Å². The molecule has 196 valence electrons. The second-order valence-electron chi connectivity index (χ2n) is 8.80. The Morgan fingerprint density at radius 3 is 1.68 bits per heavy atom. The molecule has 0 unspecified atom stereocenters. The van der Waals surface area contributed by atoms with Crippen molar-refractivity contribution in [2.75, 3.05) is 10.6 Å². The van der Waals surface area contributed by atoms with Crippen molar-refractivity contribution in [3.05, 3.63) is 67.0 Å². The molecule has 38 heavy (non-hydrogen) atoms. The molecular weight excluding hydrogens is 656 g/mol. The molecule has 0 aliphatic heterocycles. The van der Waals surface area contributed by atoms with E-state index in [4.69, 9.17) is 0 Å². The van der Waals surface area contributed by atoms with E-state index < -0.39 is 0 Å². The first-order valence-corrected chi connectivity index (χ1v) is 15.1. The number of nitrogens with zero attached hydrogens (tertiary/aromatic N) is 6. The maximum Gasteiger partial charge on any atom is 0.232 e. The minimum absolute atomic E-state index is 0.162. The Morgan fingerprint density at radius 2 is 1.24 bits per heavy atom. The fraction of sp³-hybridized carbons (Fsp3) is 0.333. The fourth-order valence-electron chi connectivity index (χ4n) is 4.29. The van der Waals surface area contributed by atoms with E-state index in [1.165, 1.54) is 22.7 Å². The molecule has 1 aliphatic carbocycles. The van der Waals surface area contributed by atoms with Gasteiger partial charge in [0, 0.05) is 11.8 Å². The Hall–Kier alpha value is -2.68. The molecule has 0 saturated heterocycles. The summed E-state index contributed by atoms with van der Waals surface area (Å²) in [6, 6.07) is 10.9. The van der Waals surface area contributed by atoms with Crippen molar-refractivity contribution < 1.29 is 9.59 Å². The molecule has 2 atom stereocenters. The highest BCUT2D eigenvalue weighted by Gasteiger charge is 2.29. The number of anilines is 2. The van der Waals surface area contributed by atoms with Crippen molar-refractivity contribution in [2.45, 2.75) is 50.4 Å². The summed E-state index contributed by atoms with van der Waals surface area (Å²) in [4.78, 5) is 33.5. The highest BCUT2D eigenvalue weighted by Crippen LogP contribution is 2.43. The number of hydrogen-bond donors (Lipinski definition) is 2. The van der Waals surface area contributed by atoms with Gasteiger partial charge in [0.15, 0.2) is 0 Å². The molecule has 1 saturated carbocycles. The van der Waals surface area contributed by atoms with Crippen molar-refractivity contribution in [1.82, 2.24) is 30.4 Å². The van der Waals surface area contributed by atoms with Gasteiger partial charge in [-0.1, -0.05) is 41.2 Å². The summed E-state index contributed by atoms with van der Waals surface area (Å²) >= 11 is 9.46. The molecule has 4 aromatic heterocycles. The molecule has 10 nitrogen and oxygen atoms in total. The van der Waals surface area contributed by atoms with Gasteiger partial charge in [0.2, 0.25) is 22.1 Å². The predicted molar refractivity (Wildman–Crippen MR) is 152 cm³/mol. The van der Waals surface area contributed by atoms with E-state index in [0.29, 0.717) is 30.9 Å². The number of hydrogen-bond acceptors (Lipinski definition) is 10. The van der Waals surface area contributed by atoms with E-state index in [-0.39, 0.29) is 36.5 Å². The van der Waals surface area contributed by atoms with E-state index in [2.05, 4.69) is 72.9 Å². The molecule has 2 N–H and O–H groups in total. The van der Waals surface area contributed by atoms with Crippen LogP contribution in [-0.4, -0.2) is 42.2 Å². The first-order valence-electron chi connectivity index (χ1n) is 11.9. The van der Waals surface area contributed by atoms with Gasteiger partial charge in [-0.3, -0.25) is 9.59 Å². The lowest BCUT2D eigenvalue weighted by atomic mass is 9.82. The third kappa shape index (κ3) is 7.24. The van der Waals surface area contributed by atoms with E-state index in [1.54, 1.807) is 0 Å². The number of aromatic nitrogens is 6. The van der Waals surface area contributed by atoms with Crippen LogP contribution in [0.15, 0.2) is 45.6 Å². The monoisotopic (exact) mass is 676 g/mol. The summed E-state index contributed by atoms with van der Waals surface area (Å²) in [6.45, 7) is 0.